The molecule has 0 saturated heterocycles. The molecule has 11 heteroatoms. The molecule has 2 unspecified atom stereocenters. The first kappa shape index (κ1) is 18.0. The van der Waals surface area contributed by atoms with Gasteiger partial charge < -0.3 is 10.1 Å². The van der Waals surface area contributed by atoms with Gasteiger partial charge in [-0.3, -0.25) is 13.9 Å². The van der Waals surface area contributed by atoms with Crippen molar-refractivity contribution in [1.29, 1.82) is 0 Å². The first-order chi connectivity index (χ1) is 8.47. The number of hydrogen-bond donors (Lipinski definition) is 3. The second-order valence-electron chi connectivity index (χ2n) is 3.94. The van der Waals surface area contributed by atoms with Crippen LogP contribution in [-0.4, -0.2) is 55.7 Å². The Labute approximate surface area is 110 Å². The minimum absolute atomic E-state index is 0.153. The van der Waals surface area contributed by atoms with Crippen LogP contribution in [0, 0.1) is 5.92 Å². The minimum atomic E-state index is -4.82. The van der Waals surface area contributed by atoms with Crippen LogP contribution in [0.2, 0.25) is 0 Å². The molecule has 0 heterocycles. The van der Waals surface area contributed by atoms with E-state index in [4.69, 9.17) is 9.11 Å². The molecule has 9 nitrogen and oxygen atoms in total. The molecule has 0 aliphatic heterocycles. The molecule has 1 amide bonds. The van der Waals surface area contributed by atoms with Crippen molar-refractivity contribution in [3.63, 3.8) is 0 Å². The van der Waals surface area contributed by atoms with Gasteiger partial charge in [0.25, 0.3) is 20.2 Å². The molecule has 112 valence electrons. The van der Waals surface area contributed by atoms with Gasteiger partial charge in [0, 0.05) is 12.5 Å². The highest BCUT2D eigenvalue weighted by Gasteiger charge is 2.32. The van der Waals surface area contributed by atoms with Gasteiger partial charge in [-0.25, -0.2) is 0 Å². The highest BCUT2D eigenvalue weighted by atomic mass is 32.2. The topological polar surface area (TPSA) is 155 Å². The summed E-state index contributed by atoms with van der Waals surface area (Å²) in [6, 6.07) is 0. The van der Waals surface area contributed by atoms with Crippen molar-refractivity contribution in [3.05, 3.63) is 0 Å². The number of hydrogen-bond acceptors (Lipinski definition) is 6. The summed E-state index contributed by atoms with van der Waals surface area (Å²) < 4.78 is 60.2. The average Bonchev–Trinajstić information content (AvgIpc) is 2.22. The van der Waals surface area contributed by atoms with Gasteiger partial charge in [-0.05, 0) is 6.42 Å². The van der Waals surface area contributed by atoms with Crippen LogP contribution in [0.3, 0.4) is 0 Å². The minimum Gasteiger partial charge on any atom is -0.354 e. The predicted molar refractivity (Wildman–Crippen MR) is 64.6 cm³/mol. The number of amides is 1. The summed E-state index contributed by atoms with van der Waals surface area (Å²) in [4.78, 5) is 21.8. The summed E-state index contributed by atoms with van der Waals surface area (Å²) in [6.07, 6.45) is -0.264. The zero-order valence-corrected chi connectivity index (χ0v) is 11.6. The largest absolute Gasteiger partial charge is 0.354 e. The van der Waals surface area contributed by atoms with E-state index < -0.39 is 49.5 Å². The third-order valence-electron chi connectivity index (χ3n) is 2.12. The van der Waals surface area contributed by atoms with Crippen LogP contribution in [0.1, 0.15) is 13.3 Å². The molecule has 0 aromatic carbocycles. The standard InChI is InChI=1S/C8H15NO8S2/c1-6(5-10)4-9-8(11)7(19(15,16)17)2-3-18(12,13)14/h5-7H,2-4H2,1H3,(H,9,11)(H,12,13,14)(H,15,16,17). The Balaban J connectivity index is 4.78. The lowest BCUT2D eigenvalue weighted by Gasteiger charge is -2.14. The molecule has 19 heavy (non-hydrogen) atoms. The molecule has 0 aliphatic carbocycles. The van der Waals surface area contributed by atoms with Crippen LogP contribution in [0.5, 0.6) is 0 Å². The maximum absolute atomic E-state index is 11.5. The number of nitrogens with one attached hydrogen (secondary N) is 1. The molecule has 3 N–H and O–H groups in total. The van der Waals surface area contributed by atoms with Crippen LogP contribution in [0.15, 0.2) is 0 Å². The maximum Gasteiger partial charge on any atom is 0.276 e. The van der Waals surface area contributed by atoms with Crippen molar-refractivity contribution in [3.8, 4) is 0 Å². The van der Waals surface area contributed by atoms with E-state index in [9.17, 15) is 26.4 Å². The molecule has 0 aliphatic rings. The molecule has 0 fully saturated rings. The van der Waals surface area contributed by atoms with Crippen LogP contribution < -0.4 is 5.32 Å². The van der Waals surface area contributed by atoms with E-state index >= 15 is 0 Å². The average molecular weight is 317 g/mol. The quantitative estimate of drug-likeness (QED) is 0.360. The normalized spacial score (nSPS) is 15.5. The molecule has 0 radical (unpaired) electrons. The fraction of sp³-hybridized carbons (Fsp3) is 0.750. The third-order valence-corrected chi connectivity index (χ3v) is 4.04. The number of carbonyl (C=O) groups is 2. The Kier molecular flexibility index (Phi) is 6.55. The van der Waals surface area contributed by atoms with E-state index in [-0.39, 0.29) is 6.54 Å². The maximum atomic E-state index is 11.5. The smallest absolute Gasteiger partial charge is 0.276 e. The van der Waals surface area contributed by atoms with Crippen LogP contribution >= 0.6 is 0 Å². The van der Waals surface area contributed by atoms with Crippen molar-refractivity contribution in [2.24, 2.45) is 5.92 Å². The van der Waals surface area contributed by atoms with Crippen LogP contribution in [0.25, 0.3) is 0 Å². The van der Waals surface area contributed by atoms with Crippen LogP contribution in [0.4, 0.5) is 0 Å². The zero-order chi connectivity index (χ0) is 15.3. The highest BCUT2D eigenvalue weighted by Crippen LogP contribution is 2.07. The molecule has 0 spiro atoms. The van der Waals surface area contributed by atoms with Gasteiger partial charge in [-0.1, -0.05) is 6.92 Å². The van der Waals surface area contributed by atoms with Crippen molar-refractivity contribution < 1.29 is 35.5 Å². The molecular weight excluding hydrogens is 302 g/mol. The second kappa shape index (κ2) is 6.93. The van der Waals surface area contributed by atoms with Gasteiger partial charge in [-0.15, -0.1) is 0 Å². The first-order valence-corrected chi connectivity index (χ1v) is 8.23. The first-order valence-electron chi connectivity index (χ1n) is 5.12. The van der Waals surface area contributed by atoms with E-state index in [0.717, 1.165) is 0 Å². The van der Waals surface area contributed by atoms with Gasteiger partial charge in [0.2, 0.25) is 5.91 Å². The zero-order valence-electron chi connectivity index (χ0n) is 10.0. The Morgan fingerprint density at radius 2 is 1.79 bits per heavy atom. The van der Waals surface area contributed by atoms with Crippen molar-refractivity contribution in [1.82, 2.24) is 5.32 Å². The van der Waals surface area contributed by atoms with E-state index in [0.29, 0.717) is 6.29 Å². The molecule has 0 rings (SSSR count). The van der Waals surface area contributed by atoms with E-state index in [1.807, 2.05) is 0 Å². The van der Waals surface area contributed by atoms with Gasteiger partial charge >= 0.3 is 0 Å². The van der Waals surface area contributed by atoms with E-state index in [1.165, 1.54) is 6.92 Å². The van der Waals surface area contributed by atoms with Crippen molar-refractivity contribution in [2.45, 2.75) is 18.6 Å². The Morgan fingerprint density at radius 3 is 2.16 bits per heavy atom. The number of rotatable bonds is 8. The molecule has 0 aromatic heterocycles. The summed E-state index contributed by atoms with van der Waals surface area (Å²) in [5.74, 6) is -2.69. The van der Waals surface area contributed by atoms with Gasteiger partial charge in [0.05, 0.1) is 5.75 Å². The van der Waals surface area contributed by atoms with Crippen molar-refractivity contribution in [2.75, 3.05) is 12.3 Å². The Morgan fingerprint density at radius 1 is 1.26 bits per heavy atom. The monoisotopic (exact) mass is 317 g/mol. The number of carbonyl (C=O) groups excluding carboxylic acids is 2. The summed E-state index contributed by atoms with van der Waals surface area (Å²) in [6.45, 7) is 1.31. The number of aldehydes is 1. The summed E-state index contributed by atoms with van der Waals surface area (Å²) in [7, 11) is -9.28. The van der Waals surface area contributed by atoms with Gasteiger partial charge in [0.1, 0.15) is 6.29 Å². The third kappa shape index (κ3) is 7.87. The van der Waals surface area contributed by atoms with Crippen LogP contribution in [-0.2, 0) is 29.8 Å². The SMILES string of the molecule is CC(C=O)CNC(=O)C(CCS(=O)(=O)O)S(=O)(=O)O. The predicted octanol–water partition coefficient (Wildman–Crippen LogP) is -1.53. The molecule has 0 aromatic rings. The summed E-state index contributed by atoms with van der Waals surface area (Å²) >= 11 is 0. The lowest BCUT2D eigenvalue weighted by molar-refractivity contribution is -0.121. The molecular formula is C8H15NO8S2. The lowest BCUT2D eigenvalue weighted by atomic mass is 10.2. The second-order valence-corrected chi connectivity index (χ2v) is 7.11. The van der Waals surface area contributed by atoms with Gasteiger partial charge in [0.15, 0.2) is 5.25 Å². The Bertz CT molecular complexity index is 523. The highest BCUT2D eigenvalue weighted by molar-refractivity contribution is 7.87. The summed E-state index contributed by atoms with van der Waals surface area (Å²) in [5, 5.41) is 0.0703. The Hall–Kier alpha value is -1.04. The molecule has 0 saturated carbocycles. The van der Waals surface area contributed by atoms with Gasteiger partial charge in [-0.2, -0.15) is 16.8 Å². The fourth-order valence-corrected chi connectivity index (χ4v) is 2.55. The summed E-state index contributed by atoms with van der Waals surface area (Å²) in [5.41, 5.74) is 0. The van der Waals surface area contributed by atoms with Crippen molar-refractivity contribution >= 4 is 32.4 Å². The molecule has 0 bridgehead atoms. The molecule has 2 atom stereocenters. The fourth-order valence-electron chi connectivity index (χ4n) is 1.09. The van der Waals surface area contributed by atoms with E-state index in [1.54, 1.807) is 0 Å². The lowest BCUT2D eigenvalue weighted by Crippen LogP contribution is -2.42. The van der Waals surface area contributed by atoms with E-state index in [2.05, 4.69) is 5.32 Å².